The van der Waals surface area contributed by atoms with Crippen LogP contribution in [-0.2, 0) is 4.79 Å². The summed E-state index contributed by atoms with van der Waals surface area (Å²) in [5.41, 5.74) is 0.653. The van der Waals surface area contributed by atoms with Gasteiger partial charge in [-0.05, 0) is 62.1 Å². The van der Waals surface area contributed by atoms with Gasteiger partial charge < -0.3 is 10.6 Å². The number of nitrogens with one attached hydrogen (secondary N) is 2. The van der Waals surface area contributed by atoms with E-state index < -0.39 is 5.91 Å². The van der Waals surface area contributed by atoms with Crippen molar-refractivity contribution in [1.29, 1.82) is 5.26 Å². The predicted molar refractivity (Wildman–Crippen MR) is 95.3 cm³/mol. The highest BCUT2D eigenvalue weighted by molar-refractivity contribution is 6.31. The molecule has 4 unspecified atom stereocenters. The Balaban J connectivity index is 1.59. The molecule has 0 spiro atoms. The summed E-state index contributed by atoms with van der Waals surface area (Å²) < 4.78 is 0. The molecule has 1 aromatic rings. The molecule has 4 atom stereocenters. The fourth-order valence-corrected chi connectivity index (χ4v) is 4.35. The monoisotopic (exact) mass is 343 g/mol. The standard InChI is InChI=1S/C19H22ClN3O/c1-12(18-8-13-5-6-14(18)7-13)22-11-15(10-21)19(24)23-17-4-2-3-16(20)9-17/h2-4,9,11-14,18,22H,5-8H2,1H3,(H,23,24)/b15-11-. The number of hydrogen-bond donors (Lipinski definition) is 2. The lowest BCUT2D eigenvalue weighted by molar-refractivity contribution is -0.112. The van der Waals surface area contributed by atoms with E-state index in [0.29, 0.717) is 16.6 Å². The molecule has 2 aliphatic rings. The minimum atomic E-state index is -0.424. The van der Waals surface area contributed by atoms with Gasteiger partial charge in [0.2, 0.25) is 0 Å². The summed E-state index contributed by atoms with van der Waals surface area (Å²) in [5, 5.41) is 15.8. The summed E-state index contributed by atoms with van der Waals surface area (Å²) in [6, 6.07) is 9.13. The molecule has 1 aromatic carbocycles. The molecular weight excluding hydrogens is 322 g/mol. The van der Waals surface area contributed by atoms with Gasteiger partial charge in [-0.2, -0.15) is 5.26 Å². The summed E-state index contributed by atoms with van der Waals surface area (Å²) in [7, 11) is 0. The van der Waals surface area contributed by atoms with Crippen molar-refractivity contribution in [2.45, 2.75) is 38.6 Å². The lowest BCUT2D eigenvalue weighted by Crippen LogP contribution is -2.33. The fourth-order valence-electron chi connectivity index (χ4n) is 4.16. The van der Waals surface area contributed by atoms with Crippen molar-refractivity contribution < 1.29 is 4.79 Å². The number of anilines is 1. The SMILES string of the molecule is CC(N/C=C(/C#N)C(=O)Nc1cccc(Cl)c1)C1CC2CCC1C2. The van der Waals surface area contributed by atoms with Gasteiger partial charge in [0.05, 0.1) is 0 Å². The van der Waals surface area contributed by atoms with Crippen LogP contribution in [0.3, 0.4) is 0 Å². The van der Waals surface area contributed by atoms with Gasteiger partial charge in [0.25, 0.3) is 5.91 Å². The van der Waals surface area contributed by atoms with Crippen LogP contribution in [0, 0.1) is 29.1 Å². The van der Waals surface area contributed by atoms with E-state index in [1.165, 1.54) is 25.7 Å². The zero-order valence-corrected chi connectivity index (χ0v) is 14.5. The van der Waals surface area contributed by atoms with Crippen LogP contribution >= 0.6 is 11.6 Å². The van der Waals surface area contributed by atoms with E-state index in [2.05, 4.69) is 17.6 Å². The van der Waals surface area contributed by atoms with Crippen LogP contribution in [0.4, 0.5) is 5.69 Å². The molecule has 5 heteroatoms. The fraction of sp³-hybridized carbons (Fsp3) is 0.474. The van der Waals surface area contributed by atoms with Crippen molar-refractivity contribution in [3.05, 3.63) is 41.1 Å². The van der Waals surface area contributed by atoms with E-state index in [0.717, 1.165) is 11.8 Å². The molecule has 2 fully saturated rings. The van der Waals surface area contributed by atoms with Crippen LogP contribution < -0.4 is 10.6 Å². The highest BCUT2D eigenvalue weighted by Crippen LogP contribution is 2.49. The Morgan fingerprint density at radius 1 is 1.42 bits per heavy atom. The van der Waals surface area contributed by atoms with E-state index >= 15 is 0 Å². The first-order chi connectivity index (χ1) is 11.6. The summed E-state index contributed by atoms with van der Waals surface area (Å²) in [4.78, 5) is 12.2. The molecule has 4 nitrogen and oxygen atoms in total. The molecule has 0 aromatic heterocycles. The molecule has 2 bridgehead atoms. The lowest BCUT2D eigenvalue weighted by atomic mass is 9.84. The van der Waals surface area contributed by atoms with Gasteiger partial charge in [0.15, 0.2) is 0 Å². The summed E-state index contributed by atoms with van der Waals surface area (Å²) in [6.45, 7) is 2.14. The van der Waals surface area contributed by atoms with Crippen LogP contribution in [0.15, 0.2) is 36.0 Å². The number of carbonyl (C=O) groups excluding carboxylic acids is 1. The summed E-state index contributed by atoms with van der Waals surface area (Å²) >= 11 is 5.90. The maximum atomic E-state index is 12.2. The Hall–Kier alpha value is -1.99. The molecule has 0 saturated heterocycles. The number of halogens is 1. The maximum Gasteiger partial charge on any atom is 0.267 e. The molecule has 2 saturated carbocycles. The molecule has 1 amide bonds. The minimum Gasteiger partial charge on any atom is -0.387 e. The molecule has 24 heavy (non-hydrogen) atoms. The van der Waals surface area contributed by atoms with E-state index in [1.54, 1.807) is 30.5 Å². The lowest BCUT2D eigenvalue weighted by Gasteiger charge is -2.28. The van der Waals surface area contributed by atoms with Gasteiger partial charge in [-0.15, -0.1) is 0 Å². The zero-order valence-electron chi connectivity index (χ0n) is 13.8. The molecule has 2 aliphatic carbocycles. The topological polar surface area (TPSA) is 64.9 Å². The van der Waals surface area contributed by atoms with Crippen LogP contribution in [0.1, 0.15) is 32.6 Å². The van der Waals surface area contributed by atoms with Gasteiger partial charge >= 0.3 is 0 Å². The third-order valence-corrected chi connectivity index (χ3v) is 5.61. The first-order valence-corrected chi connectivity index (χ1v) is 8.88. The average Bonchev–Trinajstić information content (AvgIpc) is 3.18. The van der Waals surface area contributed by atoms with E-state index in [-0.39, 0.29) is 11.6 Å². The van der Waals surface area contributed by atoms with Crippen molar-refractivity contribution in [3.63, 3.8) is 0 Å². The first kappa shape index (κ1) is 16.9. The third kappa shape index (κ3) is 3.73. The molecule has 0 aliphatic heterocycles. The Labute approximate surface area is 147 Å². The van der Waals surface area contributed by atoms with Gasteiger partial charge in [0, 0.05) is 23.0 Å². The molecule has 0 radical (unpaired) electrons. The Kier molecular flexibility index (Phi) is 5.11. The summed E-state index contributed by atoms with van der Waals surface area (Å²) in [6.07, 6.45) is 6.86. The zero-order chi connectivity index (χ0) is 17.1. The van der Waals surface area contributed by atoms with Crippen molar-refractivity contribution in [3.8, 4) is 6.07 Å². The van der Waals surface area contributed by atoms with Crippen LogP contribution in [0.2, 0.25) is 5.02 Å². The number of nitriles is 1. The second-order valence-corrected chi connectivity index (χ2v) is 7.36. The van der Waals surface area contributed by atoms with Crippen LogP contribution in [0.5, 0.6) is 0 Å². The molecule has 126 valence electrons. The average molecular weight is 344 g/mol. The van der Waals surface area contributed by atoms with Crippen LogP contribution in [0.25, 0.3) is 0 Å². The van der Waals surface area contributed by atoms with E-state index in [1.807, 2.05) is 6.07 Å². The second kappa shape index (κ2) is 7.27. The van der Waals surface area contributed by atoms with Gasteiger partial charge in [0.1, 0.15) is 11.6 Å². The van der Waals surface area contributed by atoms with Gasteiger partial charge in [-0.3, -0.25) is 4.79 Å². The smallest absolute Gasteiger partial charge is 0.267 e. The van der Waals surface area contributed by atoms with Crippen LogP contribution in [-0.4, -0.2) is 11.9 Å². The van der Waals surface area contributed by atoms with Gasteiger partial charge in [-0.1, -0.05) is 24.1 Å². The third-order valence-electron chi connectivity index (χ3n) is 5.37. The number of amides is 1. The highest BCUT2D eigenvalue weighted by Gasteiger charge is 2.41. The Bertz CT molecular complexity index is 694. The molecule has 3 rings (SSSR count). The van der Waals surface area contributed by atoms with Crippen molar-refractivity contribution in [2.75, 3.05) is 5.32 Å². The largest absolute Gasteiger partial charge is 0.387 e. The number of benzene rings is 1. The number of hydrogen-bond acceptors (Lipinski definition) is 3. The molecule has 2 N–H and O–H groups in total. The Morgan fingerprint density at radius 2 is 2.25 bits per heavy atom. The number of rotatable bonds is 5. The number of fused-ring (bicyclic) bond motifs is 2. The minimum absolute atomic E-state index is 0.0741. The molecular formula is C19H22ClN3O. The Morgan fingerprint density at radius 3 is 2.88 bits per heavy atom. The van der Waals surface area contributed by atoms with Crippen molar-refractivity contribution >= 4 is 23.2 Å². The molecule has 0 heterocycles. The van der Waals surface area contributed by atoms with E-state index in [9.17, 15) is 10.1 Å². The number of carbonyl (C=O) groups is 1. The maximum absolute atomic E-state index is 12.2. The normalized spacial score (nSPS) is 26.7. The quantitative estimate of drug-likeness (QED) is 0.625. The van der Waals surface area contributed by atoms with Crippen molar-refractivity contribution in [1.82, 2.24) is 5.32 Å². The summed E-state index contributed by atoms with van der Waals surface area (Å²) in [5.74, 6) is 1.91. The predicted octanol–water partition coefficient (Wildman–Crippen LogP) is 4.10. The number of nitrogens with zero attached hydrogens (tertiary/aromatic N) is 1. The van der Waals surface area contributed by atoms with E-state index in [4.69, 9.17) is 11.6 Å². The van der Waals surface area contributed by atoms with Gasteiger partial charge in [-0.25, -0.2) is 0 Å². The first-order valence-electron chi connectivity index (χ1n) is 8.50. The second-order valence-electron chi connectivity index (χ2n) is 6.93. The highest BCUT2D eigenvalue weighted by atomic mass is 35.5. The van der Waals surface area contributed by atoms with Crippen molar-refractivity contribution in [2.24, 2.45) is 17.8 Å².